The number of nitrogens with two attached hydrogens (primary N) is 1. The summed E-state index contributed by atoms with van der Waals surface area (Å²) in [6.07, 6.45) is 1.15. The van der Waals surface area contributed by atoms with E-state index in [9.17, 15) is 0 Å². The van der Waals surface area contributed by atoms with E-state index in [1.165, 1.54) is 5.56 Å². The van der Waals surface area contributed by atoms with Crippen LogP contribution in [0.3, 0.4) is 0 Å². The summed E-state index contributed by atoms with van der Waals surface area (Å²) in [6.45, 7) is 7.29. The van der Waals surface area contributed by atoms with Crippen molar-refractivity contribution in [2.75, 3.05) is 0 Å². The van der Waals surface area contributed by atoms with Crippen LogP contribution in [-0.4, -0.2) is 0 Å². The Kier molecular flexibility index (Phi) is 4.85. The summed E-state index contributed by atoms with van der Waals surface area (Å²) in [7, 11) is 0. The van der Waals surface area contributed by atoms with E-state index in [4.69, 9.17) is 14.9 Å². The standard InChI is InChI=1S/C17H23NO2/c1-4-12(2)14-5-7-15(8-6-14)19-11-16-9-13(3)17(10-18)20-16/h5-9,12H,4,10-11,18H2,1-3H3. The van der Waals surface area contributed by atoms with Crippen LogP contribution in [-0.2, 0) is 13.2 Å². The van der Waals surface area contributed by atoms with E-state index >= 15 is 0 Å². The molecular formula is C17H23NO2. The second-order valence-corrected chi connectivity index (χ2v) is 5.19. The van der Waals surface area contributed by atoms with E-state index < -0.39 is 0 Å². The van der Waals surface area contributed by atoms with Gasteiger partial charge in [0.1, 0.15) is 23.9 Å². The maximum atomic E-state index is 5.74. The first-order valence-electron chi connectivity index (χ1n) is 7.15. The van der Waals surface area contributed by atoms with Crippen LogP contribution in [0.4, 0.5) is 0 Å². The average Bonchev–Trinajstić information content (AvgIpc) is 2.85. The highest BCUT2D eigenvalue weighted by atomic mass is 16.5. The SMILES string of the molecule is CCC(C)c1ccc(OCc2cc(C)c(CN)o2)cc1. The lowest BCUT2D eigenvalue weighted by atomic mass is 9.99. The minimum Gasteiger partial charge on any atom is -0.486 e. The maximum absolute atomic E-state index is 5.74. The van der Waals surface area contributed by atoms with Gasteiger partial charge < -0.3 is 14.9 Å². The zero-order valence-corrected chi connectivity index (χ0v) is 12.5. The van der Waals surface area contributed by atoms with E-state index in [0.717, 1.165) is 29.3 Å². The Morgan fingerprint density at radius 3 is 2.50 bits per heavy atom. The van der Waals surface area contributed by atoms with Crippen LogP contribution in [0.5, 0.6) is 5.75 Å². The minimum absolute atomic E-state index is 0.426. The predicted octanol–water partition coefficient (Wildman–Crippen LogP) is 4.14. The molecule has 0 bridgehead atoms. The number of furan rings is 1. The Bertz CT molecular complexity index is 543. The first kappa shape index (κ1) is 14.7. The first-order valence-corrected chi connectivity index (χ1v) is 7.15. The molecule has 0 spiro atoms. The minimum atomic E-state index is 0.426. The topological polar surface area (TPSA) is 48.4 Å². The largest absolute Gasteiger partial charge is 0.486 e. The van der Waals surface area contributed by atoms with Crippen LogP contribution in [0.1, 0.15) is 48.8 Å². The molecule has 1 atom stereocenters. The van der Waals surface area contributed by atoms with Crippen molar-refractivity contribution in [3.63, 3.8) is 0 Å². The van der Waals surface area contributed by atoms with E-state index in [1.807, 2.05) is 25.1 Å². The Morgan fingerprint density at radius 2 is 1.95 bits per heavy atom. The monoisotopic (exact) mass is 273 g/mol. The van der Waals surface area contributed by atoms with Crippen LogP contribution in [0.2, 0.25) is 0 Å². The fourth-order valence-corrected chi connectivity index (χ4v) is 2.15. The molecule has 0 amide bonds. The maximum Gasteiger partial charge on any atom is 0.146 e. The summed E-state index contributed by atoms with van der Waals surface area (Å²) in [5, 5.41) is 0. The number of rotatable bonds is 6. The van der Waals surface area contributed by atoms with Gasteiger partial charge in [-0.15, -0.1) is 0 Å². The highest BCUT2D eigenvalue weighted by Crippen LogP contribution is 2.22. The van der Waals surface area contributed by atoms with Crippen LogP contribution in [0.25, 0.3) is 0 Å². The van der Waals surface area contributed by atoms with Gasteiger partial charge in [-0.3, -0.25) is 0 Å². The lowest BCUT2D eigenvalue weighted by molar-refractivity contribution is 0.266. The molecule has 1 aromatic carbocycles. The van der Waals surface area contributed by atoms with E-state index in [1.54, 1.807) is 0 Å². The van der Waals surface area contributed by atoms with Gasteiger partial charge in [0.2, 0.25) is 0 Å². The van der Waals surface area contributed by atoms with Crippen molar-refractivity contribution in [3.8, 4) is 5.75 Å². The van der Waals surface area contributed by atoms with Gasteiger partial charge in [0.05, 0.1) is 6.54 Å². The average molecular weight is 273 g/mol. The lowest BCUT2D eigenvalue weighted by Gasteiger charge is -2.10. The normalized spacial score (nSPS) is 12.4. The summed E-state index contributed by atoms with van der Waals surface area (Å²) in [5.41, 5.74) is 8.02. The van der Waals surface area contributed by atoms with Crippen molar-refractivity contribution in [2.45, 2.75) is 46.3 Å². The van der Waals surface area contributed by atoms with Gasteiger partial charge in [-0.05, 0) is 48.6 Å². The van der Waals surface area contributed by atoms with E-state index in [0.29, 0.717) is 19.1 Å². The Hall–Kier alpha value is -1.74. The van der Waals surface area contributed by atoms with Crippen molar-refractivity contribution < 1.29 is 9.15 Å². The zero-order valence-electron chi connectivity index (χ0n) is 12.5. The highest BCUT2D eigenvalue weighted by molar-refractivity contribution is 5.29. The number of ether oxygens (including phenoxy) is 1. The molecule has 1 heterocycles. The molecule has 3 nitrogen and oxygen atoms in total. The van der Waals surface area contributed by atoms with Crippen LogP contribution in [0, 0.1) is 6.92 Å². The molecule has 0 radical (unpaired) electrons. The quantitative estimate of drug-likeness (QED) is 0.860. The molecule has 2 N–H and O–H groups in total. The highest BCUT2D eigenvalue weighted by Gasteiger charge is 2.07. The molecule has 3 heteroatoms. The molecule has 0 saturated heterocycles. The second kappa shape index (κ2) is 6.62. The van der Waals surface area contributed by atoms with Crippen molar-refractivity contribution >= 4 is 0 Å². The van der Waals surface area contributed by atoms with Crippen LogP contribution < -0.4 is 10.5 Å². The molecule has 0 aliphatic heterocycles. The first-order chi connectivity index (χ1) is 9.63. The molecule has 2 aromatic rings. The number of aryl methyl sites for hydroxylation is 1. The van der Waals surface area contributed by atoms with Gasteiger partial charge in [-0.2, -0.15) is 0 Å². The molecule has 1 unspecified atom stereocenters. The Balaban J connectivity index is 1.96. The molecule has 108 valence electrons. The van der Waals surface area contributed by atoms with Gasteiger partial charge in [-0.25, -0.2) is 0 Å². The fourth-order valence-electron chi connectivity index (χ4n) is 2.15. The van der Waals surface area contributed by atoms with Crippen molar-refractivity contribution in [1.29, 1.82) is 0 Å². The van der Waals surface area contributed by atoms with Gasteiger partial charge in [0, 0.05) is 0 Å². The molecule has 0 aliphatic carbocycles. The molecular weight excluding hydrogens is 250 g/mol. The van der Waals surface area contributed by atoms with Crippen LogP contribution in [0.15, 0.2) is 34.7 Å². The number of benzene rings is 1. The van der Waals surface area contributed by atoms with Gasteiger partial charge in [0.25, 0.3) is 0 Å². The number of hydrogen-bond donors (Lipinski definition) is 1. The summed E-state index contributed by atoms with van der Waals surface area (Å²) in [4.78, 5) is 0. The second-order valence-electron chi connectivity index (χ2n) is 5.19. The van der Waals surface area contributed by atoms with E-state index in [2.05, 4.69) is 26.0 Å². The smallest absolute Gasteiger partial charge is 0.146 e. The summed E-state index contributed by atoms with van der Waals surface area (Å²) >= 11 is 0. The molecule has 2 rings (SSSR count). The van der Waals surface area contributed by atoms with Gasteiger partial charge in [-0.1, -0.05) is 26.0 Å². The Morgan fingerprint density at radius 1 is 1.25 bits per heavy atom. The lowest BCUT2D eigenvalue weighted by Crippen LogP contribution is -1.96. The third-order valence-corrected chi connectivity index (χ3v) is 3.70. The zero-order chi connectivity index (χ0) is 14.5. The van der Waals surface area contributed by atoms with Crippen molar-refractivity contribution in [1.82, 2.24) is 0 Å². The molecule has 0 aliphatic rings. The Labute approximate surface area is 120 Å². The van der Waals surface area contributed by atoms with Crippen molar-refractivity contribution in [3.05, 3.63) is 53.0 Å². The molecule has 20 heavy (non-hydrogen) atoms. The molecule has 1 aromatic heterocycles. The molecule has 0 saturated carbocycles. The summed E-state index contributed by atoms with van der Waals surface area (Å²) < 4.78 is 11.4. The summed E-state index contributed by atoms with van der Waals surface area (Å²) in [5.74, 6) is 3.09. The predicted molar refractivity (Wildman–Crippen MR) is 80.8 cm³/mol. The number of hydrogen-bond acceptors (Lipinski definition) is 3. The van der Waals surface area contributed by atoms with Gasteiger partial charge in [0.15, 0.2) is 0 Å². The fraction of sp³-hybridized carbons (Fsp3) is 0.412. The van der Waals surface area contributed by atoms with Gasteiger partial charge >= 0.3 is 0 Å². The van der Waals surface area contributed by atoms with Crippen molar-refractivity contribution in [2.24, 2.45) is 5.73 Å². The van der Waals surface area contributed by atoms with Crippen LogP contribution >= 0.6 is 0 Å². The molecule has 0 fully saturated rings. The third kappa shape index (κ3) is 3.42. The third-order valence-electron chi connectivity index (χ3n) is 3.70. The summed E-state index contributed by atoms with van der Waals surface area (Å²) in [6, 6.07) is 10.3. The van der Waals surface area contributed by atoms with E-state index in [-0.39, 0.29) is 0 Å².